The number of nitrogens with zero attached hydrogens (tertiary/aromatic N) is 2. The monoisotopic (exact) mass is 431 g/mol. The molecule has 2 heterocycles. The van der Waals surface area contributed by atoms with E-state index < -0.39 is 0 Å². The number of aromatic amines is 1. The Kier molecular flexibility index (Phi) is 5.34. The standard InChI is InChI=1S/C25H25N3O2S/c1-28(21-9-5-7-16-6-3-4-8-19(16)21)15-23-26-20-14-22(31-24(20)25(29)27-23)17-10-12-18(30-2)13-11-17/h3-4,6,8,10-14,21H,5,7,9,15H2,1-2H3,(H,26,27,29). The van der Waals surface area contributed by atoms with Crippen molar-refractivity contribution in [1.29, 1.82) is 0 Å². The van der Waals surface area contributed by atoms with Crippen LogP contribution < -0.4 is 10.3 Å². The number of aryl methyl sites for hydroxylation is 1. The molecule has 31 heavy (non-hydrogen) atoms. The highest BCUT2D eigenvalue weighted by Gasteiger charge is 2.24. The number of hydrogen-bond donors (Lipinski definition) is 1. The van der Waals surface area contributed by atoms with Gasteiger partial charge in [-0.25, -0.2) is 4.98 Å². The number of hydrogen-bond acceptors (Lipinski definition) is 5. The molecule has 1 aliphatic rings. The number of fused-ring (bicyclic) bond motifs is 2. The zero-order valence-corrected chi connectivity index (χ0v) is 18.5. The summed E-state index contributed by atoms with van der Waals surface area (Å²) in [6.07, 6.45) is 3.45. The fraction of sp³-hybridized carbons (Fsp3) is 0.280. The van der Waals surface area contributed by atoms with Gasteiger partial charge < -0.3 is 9.72 Å². The van der Waals surface area contributed by atoms with Gasteiger partial charge in [0.1, 0.15) is 16.3 Å². The first-order valence-electron chi connectivity index (χ1n) is 10.6. The van der Waals surface area contributed by atoms with E-state index in [2.05, 4.69) is 41.2 Å². The van der Waals surface area contributed by atoms with Crippen LogP contribution in [0, 0.1) is 0 Å². The van der Waals surface area contributed by atoms with Crippen molar-refractivity contribution in [2.45, 2.75) is 31.8 Å². The molecule has 4 aromatic rings. The van der Waals surface area contributed by atoms with Crippen LogP contribution in [0.3, 0.4) is 0 Å². The summed E-state index contributed by atoms with van der Waals surface area (Å²) >= 11 is 1.48. The molecule has 0 amide bonds. The molecular formula is C25H25N3O2S. The first-order valence-corrected chi connectivity index (χ1v) is 11.4. The molecule has 1 unspecified atom stereocenters. The molecule has 1 N–H and O–H groups in total. The number of H-pyrrole nitrogens is 1. The molecule has 0 fully saturated rings. The molecule has 0 spiro atoms. The molecule has 1 atom stereocenters. The van der Waals surface area contributed by atoms with E-state index in [1.54, 1.807) is 7.11 Å². The lowest BCUT2D eigenvalue weighted by molar-refractivity contribution is 0.208. The van der Waals surface area contributed by atoms with Crippen molar-refractivity contribution in [3.05, 3.63) is 81.9 Å². The first kappa shape index (κ1) is 20.0. The summed E-state index contributed by atoms with van der Waals surface area (Å²) in [5, 5.41) is 0. The molecule has 2 aromatic carbocycles. The average Bonchev–Trinajstić information content (AvgIpc) is 3.23. The summed E-state index contributed by atoms with van der Waals surface area (Å²) in [5.41, 5.74) is 4.58. The molecule has 5 nitrogen and oxygen atoms in total. The van der Waals surface area contributed by atoms with Crippen LogP contribution in [-0.2, 0) is 13.0 Å². The largest absolute Gasteiger partial charge is 0.497 e. The number of ether oxygens (including phenoxy) is 1. The second-order valence-corrected chi connectivity index (χ2v) is 9.14. The highest BCUT2D eigenvalue weighted by molar-refractivity contribution is 7.22. The topological polar surface area (TPSA) is 58.2 Å². The molecule has 1 aliphatic carbocycles. The summed E-state index contributed by atoms with van der Waals surface area (Å²) in [6.45, 7) is 0.609. The minimum Gasteiger partial charge on any atom is -0.497 e. The van der Waals surface area contributed by atoms with E-state index in [1.165, 1.54) is 28.9 Å². The molecule has 0 aliphatic heterocycles. The van der Waals surface area contributed by atoms with Gasteiger partial charge in [0.15, 0.2) is 0 Å². The molecule has 0 saturated carbocycles. The Balaban J connectivity index is 1.42. The highest BCUT2D eigenvalue weighted by atomic mass is 32.1. The van der Waals surface area contributed by atoms with Crippen molar-refractivity contribution < 1.29 is 4.74 Å². The van der Waals surface area contributed by atoms with Crippen molar-refractivity contribution >= 4 is 21.6 Å². The first-order chi connectivity index (χ1) is 15.1. The van der Waals surface area contributed by atoms with Crippen LogP contribution in [0.25, 0.3) is 20.7 Å². The normalized spacial score (nSPS) is 15.9. The average molecular weight is 432 g/mol. The second kappa shape index (κ2) is 8.29. The summed E-state index contributed by atoms with van der Waals surface area (Å²) in [7, 11) is 3.77. The smallest absolute Gasteiger partial charge is 0.268 e. The van der Waals surface area contributed by atoms with Crippen LogP contribution in [0.15, 0.2) is 59.4 Å². The fourth-order valence-electron chi connectivity index (χ4n) is 4.49. The SMILES string of the molecule is COc1ccc(-c2cc3nc(CN(C)C4CCCc5ccccc54)[nH]c(=O)c3s2)cc1. The van der Waals surface area contributed by atoms with Gasteiger partial charge in [-0.2, -0.15) is 0 Å². The van der Waals surface area contributed by atoms with Gasteiger partial charge in [-0.3, -0.25) is 9.69 Å². The maximum absolute atomic E-state index is 12.8. The number of nitrogens with one attached hydrogen (secondary N) is 1. The zero-order chi connectivity index (χ0) is 21.4. The second-order valence-electron chi connectivity index (χ2n) is 8.09. The van der Waals surface area contributed by atoms with Gasteiger partial charge in [-0.15, -0.1) is 11.3 Å². The summed E-state index contributed by atoms with van der Waals surface area (Å²) in [6, 6.07) is 18.9. The minimum atomic E-state index is -0.0674. The van der Waals surface area contributed by atoms with E-state index in [9.17, 15) is 4.79 Å². The van der Waals surface area contributed by atoms with Crippen LogP contribution in [-0.4, -0.2) is 29.0 Å². The van der Waals surface area contributed by atoms with Crippen molar-refractivity contribution in [3.63, 3.8) is 0 Å². The maximum atomic E-state index is 12.8. The van der Waals surface area contributed by atoms with Crippen molar-refractivity contribution in [1.82, 2.24) is 14.9 Å². The molecule has 5 rings (SSSR count). The number of methoxy groups -OCH3 is 1. The summed E-state index contributed by atoms with van der Waals surface area (Å²) in [4.78, 5) is 23.9. The van der Waals surface area contributed by atoms with E-state index in [0.717, 1.165) is 34.5 Å². The van der Waals surface area contributed by atoms with Crippen LogP contribution in [0.5, 0.6) is 5.75 Å². The lowest BCUT2D eigenvalue weighted by Gasteiger charge is -2.33. The minimum absolute atomic E-state index is 0.0674. The van der Waals surface area contributed by atoms with E-state index in [-0.39, 0.29) is 5.56 Å². The number of rotatable bonds is 5. The van der Waals surface area contributed by atoms with E-state index in [4.69, 9.17) is 9.72 Å². The molecule has 0 saturated heterocycles. The van der Waals surface area contributed by atoms with Gasteiger partial charge >= 0.3 is 0 Å². The third kappa shape index (κ3) is 3.89. The summed E-state index contributed by atoms with van der Waals surface area (Å²) in [5.74, 6) is 1.53. The Morgan fingerprint density at radius 1 is 1.19 bits per heavy atom. The zero-order valence-electron chi connectivity index (χ0n) is 17.7. The Morgan fingerprint density at radius 3 is 2.81 bits per heavy atom. The maximum Gasteiger partial charge on any atom is 0.268 e. The van der Waals surface area contributed by atoms with E-state index in [1.807, 2.05) is 30.3 Å². The quantitative estimate of drug-likeness (QED) is 0.474. The number of aromatic nitrogens is 2. The van der Waals surface area contributed by atoms with Crippen LogP contribution >= 0.6 is 11.3 Å². The Labute approximate surface area is 185 Å². The van der Waals surface area contributed by atoms with Crippen LogP contribution in [0.4, 0.5) is 0 Å². The lowest BCUT2D eigenvalue weighted by Crippen LogP contribution is -2.29. The van der Waals surface area contributed by atoms with Gasteiger partial charge in [-0.05, 0) is 73.3 Å². The third-order valence-corrected chi connectivity index (χ3v) is 7.25. The molecule has 2 aromatic heterocycles. The van der Waals surface area contributed by atoms with Crippen molar-refractivity contribution in [2.75, 3.05) is 14.2 Å². The Morgan fingerprint density at radius 2 is 2.00 bits per heavy atom. The summed E-state index contributed by atoms with van der Waals surface area (Å²) < 4.78 is 5.91. The highest BCUT2D eigenvalue weighted by Crippen LogP contribution is 2.35. The number of benzene rings is 2. The molecule has 0 bridgehead atoms. The molecule has 158 valence electrons. The van der Waals surface area contributed by atoms with E-state index in [0.29, 0.717) is 23.1 Å². The predicted molar refractivity (Wildman–Crippen MR) is 126 cm³/mol. The predicted octanol–water partition coefficient (Wildman–Crippen LogP) is 5.17. The fourth-order valence-corrected chi connectivity index (χ4v) is 5.49. The van der Waals surface area contributed by atoms with Gasteiger partial charge in [0.2, 0.25) is 0 Å². The third-order valence-electron chi connectivity index (χ3n) is 6.08. The molecule has 0 radical (unpaired) electrons. The molecule has 6 heteroatoms. The van der Waals surface area contributed by atoms with Crippen molar-refractivity contribution in [2.24, 2.45) is 0 Å². The van der Waals surface area contributed by atoms with Gasteiger partial charge in [0.25, 0.3) is 5.56 Å². The van der Waals surface area contributed by atoms with Gasteiger partial charge in [0.05, 0.1) is 19.2 Å². The van der Waals surface area contributed by atoms with Crippen LogP contribution in [0.2, 0.25) is 0 Å². The van der Waals surface area contributed by atoms with Crippen LogP contribution in [0.1, 0.15) is 35.8 Å². The Bertz CT molecular complexity index is 1280. The Hall–Kier alpha value is -2.96. The lowest BCUT2D eigenvalue weighted by atomic mass is 9.87. The van der Waals surface area contributed by atoms with Crippen molar-refractivity contribution in [3.8, 4) is 16.2 Å². The van der Waals surface area contributed by atoms with Gasteiger partial charge in [0, 0.05) is 10.9 Å². The molecular weight excluding hydrogens is 406 g/mol. The van der Waals surface area contributed by atoms with Gasteiger partial charge in [-0.1, -0.05) is 24.3 Å². The number of thiophene rings is 1. The van der Waals surface area contributed by atoms with E-state index >= 15 is 0 Å².